The van der Waals surface area contributed by atoms with Gasteiger partial charge in [0.05, 0.1) is 0 Å². The van der Waals surface area contributed by atoms with Gasteiger partial charge in [0, 0.05) is 21.2 Å². The van der Waals surface area contributed by atoms with Crippen molar-refractivity contribution in [2.75, 3.05) is 0 Å². The molecular formula is C16H17ClN2OS. The number of nitrogens with two attached hydrogens (primary N) is 1. The number of amidine groups is 1. The fourth-order valence-corrected chi connectivity index (χ4v) is 3.17. The highest BCUT2D eigenvalue weighted by atomic mass is 35.5. The van der Waals surface area contributed by atoms with Crippen LogP contribution in [0.15, 0.2) is 46.4 Å². The molecule has 2 aromatic rings. The number of hydrogen-bond donors (Lipinski definition) is 2. The van der Waals surface area contributed by atoms with Gasteiger partial charge >= 0.3 is 0 Å². The van der Waals surface area contributed by atoms with E-state index in [0.29, 0.717) is 10.6 Å². The van der Waals surface area contributed by atoms with Crippen molar-refractivity contribution in [3.05, 3.63) is 63.7 Å². The van der Waals surface area contributed by atoms with E-state index in [2.05, 4.69) is 37.2 Å². The lowest BCUT2D eigenvalue weighted by atomic mass is 10.1. The largest absolute Gasteiger partial charge is 0.409 e. The summed E-state index contributed by atoms with van der Waals surface area (Å²) in [5.41, 5.74) is 9.76. The third-order valence-electron chi connectivity index (χ3n) is 3.33. The van der Waals surface area contributed by atoms with Crippen LogP contribution in [0.1, 0.15) is 22.3 Å². The van der Waals surface area contributed by atoms with Gasteiger partial charge in [0.15, 0.2) is 5.84 Å². The van der Waals surface area contributed by atoms with Crippen molar-refractivity contribution in [1.29, 1.82) is 0 Å². The highest BCUT2D eigenvalue weighted by molar-refractivity contribution is 7.98. The molecule has 0 radical (unpaired) electrons. The highest BCUT2D eigenvalue weighted by Gasteiger charge is 2.06. The first-order chi connectivity index (χ1) is 10.0. The Morgan fingerprint density at radius 2 is 1.95 bits per heavy atom. The van der Waals surface area contributed by atoms with Crippen LogP contribution in [0.5, 0.6) is 0 Å². The molecule has 2 rings (SSSR count). The number of aryl methyl sites for hydroxylation is 2. The Balaban J connectivity index is 2.11. The van der Waals surface area contributed by atoms with Gasteiger partial charge in [-0.15, -0.1) is 11.8 Å². The maximum atomic E-state index is 8.66. The summed E-state index contributed by atoms with van der Waals surface area (Å²) in [5, 5.41) is 12.3. The second-order valence-corrected chi connectivity index (χ2v) is 6.28. The number of oxime groups is 1. The topological polar surface area (TPSA) is 58.6 Å². The molecular weight excluding hydrogens is 304 g/mol. The first-order valence-electron chi connectivity index (χ1n) is 6.47. The summed E-state index contributed by atoms with van der Waals surface area (Å²) in [6, 6.07) is 11.8. The molecule has 0 saturated heterocycles. The van der Waals surface area contributed by atoms with E-state index in [1.54, 1.807) is 23.9 Å². The predicted molar refractivity (Wildman–Crippen MR) is 89.4 cm³/mol. The average Bonchev–Trinajstić information content (AvgIpc) is 2.48. The Morgan fingerprint density at radius 1 is 1.19 bits per heavy atom. The molecule has 0 unspecified atom stereocenters. The van der Waals surface area contributed by atoms with Crippen LogP contribution in [0.2, 0.25) is 5.02 Å². The fourth-order valence-electron chi connectivity index (χ4n) is 1.85. The molecule has 110 valence electrons. The van der Waals surface area contributed by atoms with Crippen LogP contribution < -0.4 is 5.73 Å². The molecule has 0 saturated carbocycles. The number of nitrogens with zero attached hydrogens (tertiary/aromatic N) is 1. The summed E-state index contributed by atoms with van der Waals surface area (Å²) >= 11 is 7.98. The normalized spacial score (nSPS) is 11.7. The van der Waals surface area contributed by atoms with Gasteiger partial charge in [-0.3, -0.25) is 0 Å². The molecule has 0 heterocycles. The minimum Gasteiger partial charge on any atom is -0.409 e. The number of benzene rings is 2. The Morgan fingerprint density at radius 3 is 2.57 bits per heavy atom. The van der Waals surface area contributed by atoms with Gasteiger partial charge < -0.3 is 10.9 Å². The quantitative estimate of drug-likeness (QED) is 0.289. The summed E-state index contributed by atoms with van der Waals surface area (Å²) in [4.78, 5) is 1.22. The Kier molecular flexibility index (Phi) is 5.15. The average molecular weight is 321 g/mol. The monoisotopic (exact) mass is 320 g/mol. The van der Waals surface area contributed by atoms with Crippen LogP contribution in [0.25, 0.3) is 0 Å². The van der Waals surface area contributed by atoms with Gasteiger partial charge in [-0.05, 0) is 48.7 Å². The lowest BCUT2D eigenvalue weighted by Crippen LogP contribution is -2.12. The van der Waals surface area contributed by atoms with Gasteiger partial charge in [-0.2, -0.15) is 0 Å². The summed E-state index contributed by atoms with van der Waals surface area (Å²) in [5.74, 6) is 0.836. The molecule has 0 spiro atoms. The van der Waals surface area contributed by atoms with Crippen molar-refractivity contribution >= 4 is 29.2 Å². The lowest BCUT2D eigenvalue weighted by Gasteiger charge is -2.08. The summed E-state index contributed by atoms with van der Waals surface area (Å²) in [7, 11) is 0. The van der Waals surface area contributed by atoms with Crippen LogP contribution in [-0.2, 0) is 5.75 Å². The van der Waals surface area contributed by atoms with Gasteiger partial charge in [-0.25, -0.2) is 0 Å². The minimum absolute atomic E-state index is 0.0604. The highest BCUT2D eigenvalue weighted by Crippen LogP contribution is 2.28. The zero-order chi connectivity index (χ0) is 15.4. The van der Waals surface area contributed by atoms with Crippen LogP contribution in [0, 0.1) is 13.8 Å². The lowest BCUT2D eigenvalue weighted by molar-refractivity contribution is 0.318. The summed E-state index contributed by atoms with van der Waals surface area (Å²) in [6.07, 6.45) is 0. The third kappa shape index (κ3) is 3.93. The molecule has 0 amide bonds. The molecule has 5 heteroatoms. The van der Waals surface area contributed by atoms with Crippen LogP contribution >= 0.6 is 23.4 Å². The van der Waals surface area contributed by atoms with E-state index >= 15 is 0 Å². The van der Waals surface area contributed by atoms with E-state index in [0.717, 1.165) is 11.3 Å². The van der Waals surface area contributed by atoms with E-state index in [1.165, 1.54) is 16.0 Å². The van der Waals surface area contributed by atoms with Gasteiger partial charge in [0.2, 0.25) is 0 Å². The SMILES string of the molecule is Cc1ccc(SCc2ccc(/C(N)=N/O)cc2Cl)cc1C. The molecule has 0 fully saturated rings. The van der Waals surface area contributed by atoms with Crippen LogP contribution in [0.3, 0.4) is 0 Å². The van der Waals surface area contributed by atoms with E-state index in [9.17, 15) is 0 Å². The Bertz CT molecular complexity index is 686. The first-order valence-corrected chi connectivity index (χ1v) is 7.84. The molecule has 0 aromatic heterocycles. The molecule has 0 aliphatic carbocycles. The summed E-state index contributed by atoms with van der Waals surface area (Å²) < 4.78 is 0. The number of halogens is 1. The van der Waals surface area contributed by atoms with Crippen molar-refractivity contribution in [3.63, 3.8) is 0 Å². The number of thioether (sulfide) groups is 1. The van der Waals surface area contributed by atoms with Gasteiger partial charge in [0.25, 0.3) is 0 Å². The predicted octanol–water partition coefficient (Wildman–Crippen LogP) is 4.34. The zero-order valence-corrected chi connectivity index (χ0v) is 13.5. The molecule has 2 aromatic carbocycles. The van der Waals surface area contributed by atoms with E-state index in [-0.39, 0.29) is 5.84 Å². The molecule has 0 aliphatic heterocycles. The van der Waals surface area contributed by atoms with Crippen molar-refractivity contribution in [3.8, 4) is 0 Å². The molecule has 21 heavy (non-hydrogen) atoms. The van der Waals surface area contributed by atoms with Crippen molar-refractivity contribution in [1.82, 2.24) is 0 Å². The van der Waals surface area contributed by atoms with E-state index in [1.807, 2.05) is 6.07 Å². The van der Waals surface area contributed by atoms with Crippen molar-refractivity contribution in [2.24, 2.45) is 10.9 Å². The summed E-state index contributed by atoms with van der Waals surface area (Å²) in [6.45, 7) is 4.21. The second kappa shape index (κ2) is 6.87. The zero-order valence-electron chi connectivity index (χ0n) is 11.9. The van der Waals surface area contributed by atoms with E-state index in [4.69, 9.17) is 22.5 Å². The van der Waals surface area contributed by atoms with Crippen molar-refractivity contribution < 1.29 is 5.21 Å². The molecule has 0 bridgehead atoms. The maximum Gasteiger partial charge on any atom is 0.170 e. The third-order valence-corrected chi connectivity index (χ3v) is 4.72. The van der Waals surface area contributed by atoms with Crippen LogP contribution in [0.4, 0.5) is 0 Å². The van der Waals surface area contributed by atoms with Gasteiger partial charge in [-0.1, -0.05) is 35.0 Å². The standard InChI is InChI=1S/C16H17ClN2OS/c1-10-3-6-14(7-11(10)2)21-9-13-5-4-12(8-15(13)17)16(18)19-20/h3-8,20H,9H2,1-2H3,(H2,18,19). The van der Waals surface area contributed by atoms with Crippen molar-refractivity contribution in [2.45, 2.75) is 24.5 Å². The minimum atomic E-state index is 0.0604. The molecule has 3 N–H and O–H groups in total. The van der Waals surface area contributed by atoms with Crippen LogP contribution in [-0.4, -0.2) is 11.0 Å². The molecule has 0 atom stereocenters. The second-order valence-electron chi connectivity index (χ2n) is 4.83. The molecule has 3 nitrogen and oxygen atoms in total. The number of hydrogen-bond acceptors (Lipinski definition) is 3. The maximum absolute atomic E-state index is 8.66. The fraction of sp³-hybridized carbons (Fsp3) is 0.188. The smallest absolute Gasteiger partial charge is 0.170 e. The Hall–Kier alpha value is -1.65. The van der Waals surface area contributed by atoms with Gasteiger partial charge in [0.1, 0.15) is 0 Å². The Labute approximate surface area is 133 Å². The van der Waals surface area contributed by atoms with E-state index < -0.39 is 0 Å². The molecule has 0 aliphatic rings. The number of rotatable bonds is 4. The first kappa shape index (κ1) is 15.7.